The van der Waals surface area contributed by atoms with Gasteiger partial charge >= 0.3 is 0 Å². The average Bonchev–Trinajstić information content (AvgIpc) is 2.75. The van der Waals surface area contributed by atoms with Gasteiger partial charge in [-0.15, -0.1) is 0 Å². The van der Waals surface area contributed by atoms with Crippen molar-refractivity contribution >= 4 is 11.8 Å². The van der Waals surface area contributed by atoms with Crippen molar-refractivity contribution in [2.45, 2.75) is 32.1 Å². The van der Waals surface area contributed by atoms with E-state index in [0.717, 1.165) is 25.7 Å². The third-order valence-electron chi connectivity index (χ3n) is 3.04. The Morgan fingerprint density at radius 3 is 2.81 bits per heavy atom. The summed E-state index contributed by atoms with van der Waals surface area (Å²) >= 11 is 0. The molecule has 2 rings (SSSR count). The van der Waals surface area contributed by atoms with E-state index in [9.17, 15) is 4.79 Å². The smallest absolute Gasteiger partial charge is 0.283 e. The largest absolute Gasteiger partial charge is 0.660 e. The van der Waals surface area contributed by atoms with Crippen molar-refractivity contribution in [3.8, 4) is 0 Å². The Hall–Kier alpha value is -1.59. The Morgan fingerprint density at radius 2 is 2.25 bits per heavy atom. The highest BCUT2D eigenvalue weighted by molar-refractivity contribution is 5.85. The summed E-state index contributed by atoms with van der Waals surface area (Å²) in [6.45, 7) is 0. The molecule has 0 bridgehead atoms. The van der Waals surface area contributed by atoms with E-state index < -0.39 is 0 Å². The van der Waals surface area contributed by atoms with Crippen LogP contribution in [-0.4, -0.2) is 18.2 Å². The van der Waals surface area contributed by atoms with Gasteiger partial charge in [-0.1, -0.05) is 24.3 Å². The number of hydrogen-bond donors (Lipinski definition) is 0. The van der Waals surface area contributed by atoms with Crippen LogP contribution in [0.25, 0.3) is 5.73 Å². The third-order valence-corrected chi connectivity index (χ3v) is 3.04. The van der Waals surface area contributed by atoms with Crippen LogP contribution in [0, 0.1) is 5.92 Å². The summed E-state index contributed by atoms with van der Waals surface area (Å²) in [5.41, 5.74) is 7.21. The van der Waals surface area contributed by atoms with Crippen molar-refractivity contribution in [1.82, 2.24) is 5.27 Å². The van der Waals surface area contributed by atoms with Crippen LogP contribution < -0.4 is 9.80 Å². The summed E-state index contributed by atoms with van der Waals surface area (Å²) in [7, 11) is 1.65. The second kappa shape index (κ2) is 4.51. The zero-order valence-corrected chi connectivity index (χ0v) is 9.35. The number of carbonyl (C=O) groups is 1. The normalized spacial score (nSPS) is 17.3. The molecule has 0 spiro atoms. The predicted molar refractivity (Wildman–Crippen MR) is 56.4 cm³/mol. The van der Waals surface area contributed by atoms with Gasteiger partial charge in [0.1, 0.15) is 5.88 Å². The number of nitrogens with one attached hydrogen (secondary N) is 1. The molecule has 6 heteroatoms. The second-order valence-corrected chi connectivity index (χ2v) is 4.18. The van der Waals surface area contributed by atoms with Gasteiger partial charge < -0.3 is 10.3 Å². The van der Waals surface area contributed by atoms with Crippen LogP contribution in [0.4, 0.5) is 5.88 Å². The monoisotopic (exact) mass is 224 g/mol. The van der Waals surface area contributed by atoms with Gasteiger partial charge in [-0.3, -0.25) is 4.79 Å². The van der Waals surface area contributed by atoms with Crippen molar-refractivity contribution < 1.29 is 14.1 Å². The van der Waals surface area contributed by atoms with Gasteiger partial charge in [-0.25, -0.2) is 0 Å². The van der Waals surface area contributed by atoms with Crippen molar-refractivity contribution in [1.29, 1.82) is 0 Å². The van der Waals surface area contributed by atoms with E-state index in [-0.39, 0.29) is 17.7 Å². The summed E-state index contributed by atoms with van der Waals surface area (Å²) < 4.78 is 4.61. The average molecular weight is 224 g/mol. The number of rotatable bonds is 2. The molecule has 1 aliphatic carbocycles. The number of carbonyl (C=O) groups excluding carboxylic acids is 1. The molecule has 1 N–H and O–H groups in total. The molecular weight excluding hydrogens is 208 g/mol. The van der Waals surface area contributed by atoms with E-state index in [1.54, 1.807) is 7.05 Å². The first-order valence-electron chi connectivity index (χ1n) is 5.56. The lowest BCUT2D eigenvalue weighted by Crippen LogP contribution is -2.61. The minimum Gasteiger partial charge on any atom is -0.660 e. The standard InChI is InChI=1S/C10H16N4O2/c1-13(14-7-9(11)16-12-14)10(15)8-5-3-2-4-6-8/h7-8H,2-6H2,1H3,(H-,11,12). The van der Waals surface area contributed by atoms with Crippen LogP contribution in [0.2, 0.25) is 0 Å². The lowest BCUT2D eigenvalue weighted by atomic mass is 9.88. The van der Waals surface area contributed by atoms with Crippen LogP contribution in [0.1, 0.15) is 32.1 Å². The molecule has 1 saturated carbocycles. The van der Waals surface area contributed by atoms with Crippen molar-refractivity contribution in [3.05, 3.63) is 11.9 Å². The van der Waals surface area contributed by atoms with Gasteiger partial charge in [0, 0.05) is 5.92 Å². The maximum absolute atomic E-state index is 12.1. The Balaban J connectivity index is 2.03. The van der Waals surface area contributed by atoms with Crippen LogP contribution in [-0.2, 0) is 4.79 Å². The Bertz CT molecular complexity index is 371. The molecule has 1 fully saturated rings. The molecule has 6 nitrogen and oxygen atoms in total. The SMILES string of the molecule is CN(C(=O)C1CCCCC1)[n+]1cc([NH-])on1. The molecule has 0 aromatic carbocycles. The molecule has 1 amide bonds. The first-order valence-corrected chi connectivity index (χ1v) is 5.56. The molecule has 1 aliphatic rings. The van der Waals surface area contributed by atoms with E-state index in [1.165, 1.54) is 22.4 Å². The lowest BCUT2D eigenvalue weighted by molar-refractivity contribution is -0.747. The Labute approximate surface area is 93.9 Å². The molecule has 88 valence electrons. The summed E-state index contributed by atoms with van der Waals surface area (Å²) in [6.07, 6.45) is 6.75. The van der Waals surface area contributed by atoms with Gasteiger partial charge in [0.15, 0.2) is 0 Å². The Kier molecular flexibility index (Phi) is 3.07. The molecule has 1 aromatic rings. The fourth-order valence-electron chi connectivity index (χ4n) is 2.09. The molecule has 1 aromatic heterocycles. The number of nitrogens with zero attached hydrogens (tertiary/aromatic N) is 3. The number of aromatic nitrogens is 2. The van der Waals surface area contributed by atoms with Gasteiger partial charge in [0.2, 0.25) is 5.27 Å². The first kappa shape index (κ1) is 10.9. The highest BCUT2D eigenvalue weighted by atomic mass is 16.5. The van der Waals surface area contributed by atoms with E-state index in [2.05, 4.69) is 9.79 Å². The van der Waals surface area contributed by atoms with Crippen LogP contribution in [0.3, 0.4) is 0 Å². The van der Waals surface area contributed by atoms with E-state index in [1.807, 2.05) is 0 Å². The van der Waals surface area contributed by atoms with Gasteiger partial charge in [0.05, 0.1) is 11.8 Å². The van der Waals surface area contributed by atoms with Crippen molar-refractivity contribution in [2.75, 3.05) is 12.1 Å². The second-order valence-electron chi connectivity index (χ2n) is 4.18. The topological polar surface area (TPSA) is 74.0 Å². The third kappa shape index (κ3) is 2.15. The predicted octanol–water partition coefficient (Wildman–Crippen LogP) is 1.32. The zero-order valence-electron chi connectivity index (χ0n) is 9.35. The minimum absolute atomic E-state index is 0.0525. The number of amides is 1. The van der Waals surface area contributed by atoms with Crippen LogP contribution in [0.5, 0.6) is 0 Å². The van der Waals surface area contributed by atoms with Gasteiger partial charge in [-0.05, 0) is 12.8 Å². The molecular formula is C10H16N4O2. The summed E-state index contributed by atoms with van der Waals surface area (Å²) in [6, 6.07) is 0. The molecule has 0 saturated heterocycles. The van der Waals surface area contributed by atoms with E-state index in [0.29, 0.717) is 0 Å². The molecule has 0 radical (unpaired) electrons. The zero-order chi connectivity index (χ0) is 11.5. The lowest BCUT2D eigenvalue weighted by Gasteiger charge is -2.20. The highest BCUT2D eigenvalue weighted by Crippen LogP contribution is 2.24. The Morgan fingerprint density at radius 1 is 1.56 bits per heavy atom. The van der Waals surface area contributed by atoms with E-state index in [4.69, 9.17) is 5.73 Å². The first-order chi connectivity index (χ1) is 7.68. The van der Waals surface area contributed by atoms with Gasteiger partial charge in [0.25, 0.3) is 12.1 Å². The van der Waals surface area contributed by atoms with Gasteiger partial charge in [-0.2, -0.15) is 0 Å². The summed E-state index contributed by atoms with van der Waals surface area (Å²) in [5, 5.41) is 5.01. The van der Waals surface area contributed by atoms with Crippen LogP contribution >= 0.6 is 0 Å². The molecule has 0 unspecified atom stereocenters. The highest BCUT2D eigenvalue weighted by Gasteiger charge is 2.30. The summed E-state index contributed by atoms with van der Waals surface area (Å²) in [4.78, 5) is 13.3. The number of hydrogen-bond acceptors (Lipinski definition) is 3. The van der Waals surface area contributed by atoms with Crippen LogP contribution in [0.15, 0.2) is 10.7 Å². The van der Waals surface area contributed by atoms with Crippen molar-refractivity contribution in [2.24, 2.45) is 5.92 Å². The maximum atomic E-state index is 12.1. The fourth-order valence-corrected chi connectivity index (χ4v) is 2.09. The minimum atomic E-state index is -0.0525. The molecule has 0 aliphatic heterocycles. The molecule has 1 heterocycles. The molecule has 16 heavy (non-hydrogen) atoms. The maximum Gasteiger partial charge on any atom is 0.283 e. The molecule has 0 atom stereocenters. The van der Waals surface area contributed by atoms with E-state index >= 15 is 0 Å². The van der Waals surface area contributed by atoms with Crippen molar-refractivity contribution in [3.63, 3.8) is 0 Å². The fraction of sp³-hybridized carbons (Fsp3) is 0.700. The quantitative estimate of drug-likeness (QED) is 0.711. The summed E-state index contributed by atoms with van der Waals surface area (Å²) in [5.74, 6) is 0.0958.